The van der Waals surface area contributed by atoms with E-state index in [9.17, 15) is 17.3 Å². The van der Waals surface area contributed by atoms with Crippen LogP contribution in [0.4, 0.5) is 17.3 Å². The van der Waals surface area contributed by atoms with Crippen molar-refractivity contribution in [1.82, 2.24) is 0 Å². The lowest BCUT2D eigenvalue weighted by atomic mass is 10.0. The Balaban J connectivity index is 0.000000732. The number of rotatable bonds is 8. The highest BCUT2D eigenvalue weighted by molar-refractivity contribution is 6.50. The van der Waals surface area contributed by atoms with E-state index in [2.05, 4.69) is 67.6 Å². The van der Waals surface area contributed by atoms with Gasteiger partial charge in [-0.15, -0.1) is 0 Å². The fourth-order valence-electron chi connectivity index (χ4n) is 3.73. The SMILES string of the molecule is CCOc1ccc(C(C)=Cc2cc(-c3ccccc3)cc(-c3ccccc3)[o+]2)cc1OCC.F[B-](F)(F)F. The summed E-state index contributed by atoms with van der Waals surface area (Å²) in [5.41, 5.74) is 5.44. The topological polar surface area (TPSA) is 29.8 Å². The predicted octanol–water partition coefficient (Wildman–Crippen LogP) is 9.55. The van der Waals surface area contributed by atoms with E-state index in [-0.39, 0.29) is 0 Å². The van der Waals surface area contributed by atoms with Crippen molar-refractivity contribution in [2.45, 2.75) is 20.8 Å². The summed E-state index contributed by atoms with van der Waals surface area (Å²) in [4.78, 5) is 0. The minimum absolute atomic E-state index is 0.585. The molecule has 4 aromatic rings. The predicted molar refractivity (Wildman–Crippen MR) is 146 cm³/mol. The Morgan fingerprint density at radius 3 is 1.84 bits per heavy atom. The van der Waals surface area contributed by atoms with Crippen LogP contribution in [0.2, 0.25) is 0 Å². The molecule has 1 aromatic heterocycles. The first-order chi connectivity index (χ1) is 18.2. The van der Waals surface area contributed by atoms with Crippen molar-refractivity contribution in [2.24, 2.45) is 0 Å². The highest BCUT2D eigenvalue weighted by Crippen LogP contribution is 2.33. The van der Waals surface area contributed by atoms with Crippen LogP contribution >= 0.6 is 0 Å². The van der Waals surface area contributed by atoms with Crippen LogP contribution in [0.1, 0.15) is 32.1 Å². The summed E-state index contributed by atoms with van der Waals surface area (Å²) >= 11 is 0. The van der Waals surface area contributed by atoms with Gasteiger partial charge in [0.05, 0.1) is 30.9 Å². The highest BCUT2D eigenvalue weighted by atomic mass is 19.5. The molecule has 0 unspecified atom stereocenters. The van der Waals surface area contributed by atoms with E-state index in [0.717, 1.165) is 50.8 Å². The Hall–Kier alpha value is -4.07. The van der Waals surface area contributed by atoms with E-state index >= 15 is 0 Å². The molecule has 3 nitrogen and oxygen atoms in total. The molecular weight excluding hydrogens is 495 g/mol. The normalized spacial score (nSPS) is 11.4. The number of allylic oxidation sites excluding steroid dienone is 1. The second-order valence-electron chi connectivity index (χ2n) is 8.19. The molecule has 1 heterocycles. The summed E-state index contributed by atoms with van der Waals surface area (Å²) in [7, 11) is -6.00. The molecule has 0 saturated heterocycles. The molecular formula is C30H29BF4O3. The van der Waals surface area contributed by atoms with Crippen molar-refractivity contribution in [3.8, 4) is 33.9 Å². The standard InChI is InChI=1S/C30H29O3.BF4/c1-4-31-28-17-16-25(20-30(28)32-5-2)22(3)18-27-19-26(23-12-8-6-9-13-23)21-29(33-27)24-14-10-7-11-15-24;2-1(3,4)5/h6-21H,4-5H2,1-3H3;/q+1;-1. The summed E-state index contributed by atoms with van der Waals surface area (Å²) in [6.45, 7) is 7.21. The van der Waals surface area contributed by atoms with Gasteiger partial charge in [-0.2, -0.15) is 0 Å². The molecule has 0 aliphatic carbocycles. The Morgan fingerprint density at radius 1 is 0.711 bits per heavy atom. The van der Waals surface area contributed by atoms with Crippen LogP contribution in [0, 0.1) is 0 Å². The maximum Gasteiger partial charge on any atom is 0.673 e. The van der Waals surface area contributed by atoms with Gasteiger partial charge in [-0.1, -0.05) is 54.6 Å². The number of hydrogen-bond acceptors (Lipinski definition) is 2. The third kappa shape index (κ3) is 8.80. The number of benzene rings is 3. The van der Waals surface area contributed by atoms with Crippen molar-refractivity contribution in [1.29, 1.82) is 0 Å². The van der Waals surface area contributed by atoms with Crippen LogP contribution in [0.3, 0.4) is 0 Å². The molecule has 0 aliphatic heterocycles. The Morgan fingerprint density at radius 2 is 1.26 bits per heavy atom. The van der Waals surface area contributed by atoms with Crippen LogP contribution in [0.25, 0.3) is 34.1 Å². The van der Waals surface area contributed by atoms with Crippen LogP contribution in [-0.2, 0) is 0 Å². The first-order valence-corrected chi connectivity index (χ1v) is 12.2. The molecule has 38 heavy (non-hydrogen) atoms. The molecule has 8 heteroatoms. The fraction of sp³-hybridized carbons (Fsp3) is 0.167. The lowest BCUT2D eigenvalue weighted by Crippen LogP contribution is -2.02. The van der Waals surface area contributed by atoms with E-state index in [1.165, 1.54) is 0 Å². The molecule has 0 spiro atoms. The highest BCUT2D eigenvalue weighted by Gasteiger charge is 2.21. The van der Waals surface area contributed by atoms with Crippen LogP contribution in [0.5, 0.6) is 11.5 Å². The zero-order valence-electron chi connectivity index (χ0n) is 21.5. The van der Waals surface area contributed by atoms with Crippen molar-refractivity contribution in [3.05, 3.63) is 102 Å². The smallest absolute Gasteiger partial charge is 0.490 e. The van der Waals surface area contributed by atoms with E-state index in [0.29, 0.717) is 13.2 Å². The van der Waals surface area contributed by atoms with Crippen LogP contribution in [0.15, 0.2) is 95.4 Å². The lowest BCUT2D eigenvalue weighted by molar-refractivity contribution is 0.287. The van der Waals surface area contributed by atoms with Gasteiger partial charge in [0.25, 0.3) is 0 Å². The van der Waals surface area contributed by atoms with Crippen molar-refractivity contribution < 1.29 is 31.2 Å². The minimum Gasteiger partial charge on any atom is -0.490 e. The molecule has 4 rings (SSSR count). The number of halogens is 4. The van der Waals surface area contributed by atoms with Gasteiger partial charge in [-0.25, -0.2) is 4.42 Å². The van der Waals surface area contributed by atoms with Crippen molar-refractivity contribution >= 4 is 18.9 Å². The Labute approximate surface area is 220 Å². The fourth-order valence-corrected chi connectivity index (χ4v) is 3.73. The van der Waals surface area contributed by atoms with Gasteiger partial charge in [-0.3, -0.25) is 0 Å². The Kier molecular flexibility index (Phi) is 10.1. The molecule has 3 aromatic carbocycles. The van der Waals surface area contributed by atoms with Crippen molar-refractivity contribution in [3.63, 3.8) is 0 Å². The quantitative estimate of drug-likeness (QED) is 0.131. The second kappa shape index (κ2) is 13.5. The summed E-state index contributed by atoms with van der Waals surface area (Å²) in [5, 5.41) is 0. The average molecular weight is 524 g/mol. The summed E-state index contributed by atoms with van der Waals surface area (Å²) in [6, 6.07) is 30.8. The van der Waals surface area contributed by atoms with E-state index < -0.39 is 7.25 Å². The third-order valence-corrected chi connectivity index (χ3v) is 5.34. The van der Waals surface area contributed by atoms with Gasteiger partial charge in [0.2, 0.25) is 0 Å². The maximum absolute atomic E-state index is 9.75. The molecule has 198 valence electrons. The molecule has 0 fully saturated rings. The molecule has 0 bridgehead atoms. The van der Waals surface area contributed by atoms with Crippen molar-refractivity contribution in [2.75, 3.05) is 13.2 Å². The van der Waals surface area contributed by atoms with E-state index in [4.69, 9.17) is 13.9 Å². The van der Waals surface area contributed by atoms with Gasteiger partial charge in [0.15, 0.2) is 11.5 Å². The zero-order chi connectivity index (χ0) is 27.5. The van der Waals surface area contributed by atoms with E-state index in [1.54, 1.807) is 0 Å². The average Bonchev–Trinajstić information content (AvgIpc) is 2.90. The number of hydrogen-bond donors (Lipinski definition) is 0. The first kappa shape index (κ1) is 28.5. The maximum atomic E-state index is 9.75. The van der Waals surface area contributed by atoms with Gasteiger partial charge in [-0.05, 0) is 61.7 Å². The summed E-state index contributed by atoms with van der Waals surface area (Å²) in [5.74, 6) is 3.14. The minimum atomic E-state index is -6.00. The molecule has 0 atom stereocenters. The second-order valence-corrected chi connectivity index (χ2v) is 8.19. The van der Waals surface area contributed by atoms with Crippen LogP contribution < -0.4 is 9.47 Å². The zero-order valence-corrected chi connectivity index (χ0v) is 21.5. The van der Waals surface area contributed by atoms with Gasteiger partial charge >= 0.3 is 18.8 Å². The Bertz CT molecular complexity index is 1280. The molecule has 0 aliphatic rings. The molecule has 0 N–H and O–H groups in total. The summed E-state index contributed by atoms with van der Waals surface area (Å²) < 4.78 is 56.8. The van der Waals surface area contributed by atoms with E-state index in [1.807, 2.05) is 50.2 Å². The molecule has 0 radical (unpaired) electrons. The third-order valence-electron chi connectivity index (χ3n) is 5.34. The molecule has 0 amide bonds. The summed E-state index contributed by atoms with van der Waals surface area (Å²) in [6.07, 6.45) is 2.07. The van der Waals surface area contributed by atoms with Gasteiger partial charge in [0.1, 0.15) is 0 Å². The first-order valence-electron chi connectivity index (χ1n) is 12.2. The van der Waals surface area contributed by atoms with Gasteiger partial charge in [0, 0.05) is 11.6 Å². The largest absolute Gasteiger partial charge is 0.673 e. The van der Waals surface area contributed by atoms with Gasteiger partial charge < -0.3 is 26.7 Å². The number of ether oxygens (including phenoxy) is 2. The lowest BCUT2D eigenvalue weighted by Gasteiger charge is -2.12. The van der Waals surface area contributed by atoms with Crippen LogP contribution in [-0.4, -0.2) is 20.5 Å². The molecule has 0 saturated carbocycles. The monoisotopic (exact) mass is 524 g/mol.